The van der Waals surface area contributed by atoms with Crippen molar-refractivity contribution in [1.82, 2.24) is 19.9 Å². The fraction of sp³-hybridized carbons (Fsp3) is 0.231. The Morgan fingerprint density at radius 1 is 0.818 bits per heavy atom. The van der Waals surface area contributed by atoms with Crippen molar-refractivity contribution >= 4 is 17.3 Å². The number of pyridine rings is 4. The molecule has 1 fully saturated rings. The van der Waals surface area contributed by atoms with Crippen LogP contribution in [0, 0.1) is 0 Å². The van der Waals surface area contributed by atoms with Gasteiger partial charge in [-0.1, -0.05) is 18.2 Å². The Morgan fingerprint density at radius 2 is 1.48 bits per heavy atom. The first-order chi connectivity index (χ1) is 16.4. The van der Waals surface area contributed by atoms with Gasteiger partial charge in [-0.3, -0.25) is 9.97 Å². The minimum atomic E-state index is 0.116. The summed E-state index contributed by atoms with van der Waals surface area (Å²) >= 11 is 0. The smallest absolute Gasteiger partial charge is 0.152 e. The summed E-state index contributed by atoms with van der Waals surface area (Å²) in [6, 6.07) is 16.3. The van der Waals surface area contributed by atoms with Crippen LogP contribution >= 0.6 is 0 Å². The second-order valence-electron chi connectivity index (χ2n) is 7.94. The molecular weight excluding hydrogens is 412 g/mol. The van der Waals surface area contributed by atoms with Crippen molar-refractivity contribution in [2.45, 2.75) is 12.3 Å². The third-order valence-corrected chi connectivity index (χ3v) is 5.84. The SMILES string of the molecule is c1cncc(C(Cc2cccnc2Nc2cccnc2N2CCOCC2)c2cccnc2)c1. The largest absolute Gasteiger partial charge is 0.378 e. The Hall–Kier alpha value is -3.84. The molecule has 0 bridgehead atoms. The van der Waals surface area contributed by atoms with E-state index >= 15 is 0 Å². The summed E-state index contributed by atoms with van der Waals surface area (Å²) in [6.07, 6.45) is 11.9. The third kappa shape index (κ3) is 4.99. The van der Waals surface area contributed by atoms with Crippen LogP contribution in [0.15, 0.2) is 85.7 Å². The molecule has 33 heavy (non-hydrogen) atoms. The molecule has 0 atom stereocenters. The maximum absolute atomic E-state index is 5.51. The second-order valence-corrected chi connectivity index (χ2v) is 7.94. The van der Waals surface area contributed by atoms with Gasteiger partial charge in [0.25, 0.3) is 0 Å². The van der Waals surface area contributed by atoms with E-state index in [0.29, 0.717) is 13.2 Å². The molecule has 0 unspecified atom stereocenters. The molecule has 7 nitrogen and oxygen atoms in total. The van der Waals surface area contributed by atoms with Crippen LogP contribution in [-0.4, -0.2) is 46.2 Å². The van der Waals surface area contributed by atoms with Crippen molar-refractivity contribution in [2.75, 3.05) is 36.5 Å². The number of aromatic nitrogens is 4. The fourth-order valence-electron chi connectivity index (χ4n) is 4.18. The van der Waals surface area contributed by atoms with Gasteiger partial charge in [0, 0.05) is 56.2 Å². The zero-order valence-electron chi connectivity index (χ0n) is 18.3. The summed E-state index contributed by atoms with van der Waals surface area (Å²) in [7, 11) is 0. The highest BCUT2D eigenvalue weighted by Crippen LogP contribution is 2.32. The molecular formula is C26H26N6O. The van der Waals surface area contributed by atoms with Gasteiger partial charge >= 0.3 is 0 Å². The number of hydrogen-bond donors (Lipinski definition) is 1. The zero-order chi connectivity index (χ0) is 22.3. The van der Waals surface area contributed by atoms with Gasteiger partial charge in [-0.2, -0.15) is 0 Å². The molecule has 5 rings (SSSR count). The van der Waals surface area contributed by atoms with E-state index in [1.54, 1.807) is 12.4 Å². The van der Waals surface area contributed by atoms with Crippen LogP contribution in [0.5, 0.6) is 0 Å². The summed E-state index contributed by atoms with van der Waals surface area (Å²) in [6.45, 7) is 3.07. The topological polar surface area (TPSA) is 76.1 Å². The number of nitrogens with one attached hydrogen (secondary N) is 1. The number of anilines is 3. The van der Waals surface area contributed by atoms with Crippen LogP contribution in [0.3, 0.4) is 0 Å². The highest BCUT2D eigenvalue weighted by atomic mass is 16.5. The molecule has 5 heterocycles. The van der Waals surface area contributed by atoms with Crippen molar-refractivity contribution in [2.24, 2.45) is 0 Å². The quantitative estimate of drug-likeness (QED) is 0.463. The van der Waals surface area contributed by atoms with Crippen molar-refractivity contribution in [3.05, 3.63) is 102 Å². The molecule has 0 aromatic carbocycles. The van der Waals surface area contributed by atoms with E-state index in [4.69, 9.17) is 4.74 Å². The molecule has 1 aliphatic heterocycles. The van der Waals surface area contributed by atoms with Crippen molar-refractivity contribution in [1.29, 1.82) is 0 Å². The van der Waals surface area contributed by atoms with Crippen molar-refractivity contribution in [3.8, 4) is 0 Å². The van der Waals surface area contributed by atoms with E-state index in [1.165, 1.54) is 0 Å². The lowest BCUT2D eigenvalue weighted by atomic mass is 9.87. The predicted octanol–water partition coefficient (Wildman–Crippen LogP) is 4.22. The van der Waals surface area contributed by atoms with Gasteiger partial charge in [0.15, 0.2) is 5.82 Å². The molecule has 1 N–H and O–H groups in total. The molecule has 0 amide bonds. The minimum absolute atomic E-state index is 0.116. The lowest BCUT2D eigenvalue weighted by Crippen LogP contribution is -2.37. The zero-order valence-corrected chi connectivity index (χ0v) is 18.3. The van der Waals surface area contributed by atoms with E-state index in [1.807, 2.05) is 49.1 Å². The van der Waals surface area contributed by atoms with Gasteiger partial charge in [-0.15, -0.1) is 0 Å². The molecule has 7 heteroatoms. The molecule has 1 saturated heterocycles. The summed E-state index contributed by atoms with van der Waals surface area (Å²) in [5.74, 6) is 1.87. The van der Waals surface area contributed by atoms with Crippen LogP contribution in [0.1, 0.15) is 22.6 Å². The Morgan fingerprint density at radius 3 is 2.18 bits per heavy atom. The van der Waals surface area contributed by atoms with Gasteiger partial charge in [0.05, 0.1) is 18.9 Å². The Balaban J connectivity index is 1.46. The van der Waals surface area contributed by atoms with Gasteiger partial charge in [0.2, 0.25) is 0 Å². The lowest BCUT2D eigenvalue weighted by Gasteiger charge is -2.29. The summed E-state index contributed by atoms with van der Waals surface area (Å²) in [5.41, 5.74) is 4.36. The maximum Gasteiger partial charge on any atom is 0.152 e. The average Bonchev–Trinajstić information content (AvgIpc) is 2.90. The van der Waals surface area contributed by atoms with Crippen LogP contribution in [0.2, 0.25) is 0 Å². The minimum Gasteiger partial charge on any atom is -0.378 e. The predicted molar refractivity (Wildman–Crippen MR) is 129 cm³/mol. The number of rotatable bonds is 7. The Kier molecular flexibility index (Phi) is 6.49. The van der Waals surface area contributed by atoms with Crippen LogP contribution in [0.4, 0.5) is 17.3 Å². The first kappa shape index (κ1) is 21.0. The van der Waals surface area contributed by atoms with Crippen LogP contribution in [-0.2, 0) is 11.2 Å². The molecule has 4 aromatic heterocycles. The van der Waals surface area contributed by atoms with E-state index in [9.17, 15) is 0 Å². The van der Waals surface area contributed by atoms with E-state index in [0.717, 1.165) is 53.5 Å². The summed E-state index contributed by atoms with van der Waals surface area (Å²) in [5, 5.41) is 3.56. The highest BCUT2D eigenvalue weighted by Gasteiger charge is 2.20. The van der Waals surface area contributed by atoms with Crippen molar-refractivity contribution < 1.29 is 4.74 Å². The van der Waals surface area contributed by atoms with Gasteiger partial charge in [0.1, 0.15) is 5.82 Å². The van der Waals surface area contributed by atoms with Gasteiger partial charge in [-0.05, 0) is 53.4 Å². The standard InChI is InChI=1S/C26H26N6O/c1-6-21(18-27-9-1)23(22-7-2-10-28-19-22)17-20-5-3-11-29-25(20)31-24-8-4-12-30-26(24)32-13-15-33-16-14-32/h1-12,18-19,23H,13-17H2,(H,29,31). The summed E-state index contributed by atoms with van der Waals surface area (Å²) in [4.78, 5) is 20.3. The average molecular weight is 439 g/mol. The monoisotopic (exact) mass is 438 g/mol. The molecule has 0 spiro atoms. The normalized spacial score (nSPS) is 13.8. The second kappa shape index (κ2) is 10.2. The molecule has 1 aliphatic rings. The van der Waals surface area contributed by atoms with Gasteiger partial charge in [-0.25, -0.2) is 9.97 Å². The third-order valence-electron chi connectivity index (χ3n) is 5.84. The molecule has 0 radical (unpaired) electrons. The van der Waals surface area contributed by atoms with Crippen LogP contribution < -0.4 is 10.2 Å². The van der Waals surface area contributed by atoms with Crippen LogP contribution in [0.25, 0.3) is 0 Å². The molecule has 166 valence electrons. The first-order valence-electron chi connectivity index (χ1n) is 11.2. The Labute approximate surface area is 193 Å². The Bertz CT molecular complexity index is 1130. The van der Waals surface area contributed by atoms with Gasteiger partial charge < -0.3 is 15.0 Å². The van der Waals surface area contributed by atoms with Crippen molar-refractivity contribution in [3.63, 3.8) is 0 Å². The molecule has 4 aromatic rings. The fourth-order valence-corrected chi connectivity index (χ4v) is 4.18. The first-order valence-corrected chi connectivity index (χ1v) is 11.2. The number of nitrogens with zero attached hydrogens (tertiary/aromatic N) is 5. The highest BCUT2D eigenvalue weighted by molar-refractivity contribution is 5.72. The molecule has 0 saturated carbocycles. The summed E-state index contributed by atoms with van der Waals surface area (Å²) < 4.78 is 5.51. The molecule has 0 aliphatic carbocycles. The number of hydrogen-bond acceptors (Lipinski definition) is 7. The van der Waals surface area contributed by atoms with E-state index in [-0.39, 0.29) is 5.92 Å². The number of morpholine rings is 1. The lowest BCUT2D eigenvalue weighted by molar-refractivity contribution is 0.122. The maximum atomic E-state index is 5.51. The number of ether oxygens (including phenoxy) is 1. The van der Waals surface area contributed by atoms with E-state index < -0.39 is 0 Å². The van der Waals surface area contributed by atoms with E-state index in [2.05, 4.69) is 54.4 Å².